The second-order valence-corrected chi connectivity index (χ2v) is 4.29. The summed E-state index contributed by atoms with van der Waals surface area (Å²) in [5, 5.41) is 8.90. The molecule has 1 aromatic heterocycles. The molecule has 0 unspecified atom stereocenters. The van der Waals surface area contributed by atoms with Crippen LogP contribution >= 0.6 is 0 Å². The van der Waals surface area contributed by atoms with Crippen LogP contribution in [0.5, 0.6) is 0 Å². The molecule has 0 radical (unpaired) electrons. The van der Waals surface area contributed by atoms with E-state index in [0.717, 1.165) is 17.9 Å². The first-order valence-electron chi connectivity index (χ1n) is 5.82. The van der Waals surface area contributed by atoms with Gasteiger partial charge >= 0.3 is 0 Å². The molecule has 0 amide bonds. The van der Waals surface area contributed by atoms with Crippen LogP contribution < -0.4 is 4.90 Å². The predicted molar refractivity (Wildman–Crippen MR) is 72.2 cm³/mol. The molecule has 0 N–H and O–H groups in total. The zero-order valence-corrected chi connectivity index (χ0v) is 10.6. The quantitative estimate of drug-likeness (QED) is 0.824. The highest BCUT2D eigenvalue weighted by atomic mass is 15.1. The summed E-state index contributed by atoms with van der Waals surface area (Å²) in [5.41, 5.74) is 3.94. The van der Waals surface area contributed by atoms with E-state index >= 15 is 0 Å². The zero-order chi connectivity index (χ0) is 13.0. The van der Waals surface area contributed by atoms with Gasteiger partial charge in [-0.1, -0.05) is 12.1 Å². The molecule has 2 rings (SSSR count). The normalized spacial score (nSPS) is 9.83. The van der Waals surface area contributed by atoms with Crippen LogP contribution in [0.15, 0.2) is 42.6 Å². The van der Waals surface area contributed by atoms with E-state index in [1.807, 2.05) is 43.6 Å². The first kappa shape index (κ1) is 12.1. The van der Waals surface area contributed by atoms with E-state index in [-0.39, 0.29) is 0 Å². The van der Waals surface area contributed by atoms with Crippen LogP contribution in [0.1, 0.15) is 16.8 Å². The number of rotatable bonds is 3. The number of aryl methyl sites for hydroxylation is 1. The third kappa shape index (κ3) is 2.67. The van der Waals surface area contributed by atoms with Crippen molar-refractivity contribution in [2.24, 2.45) is 0 Å². The Hall–Kier alpha value is -2.34. The van der Waals surface area contributed by atoms with Crippen molar-refractivity contribution in [3.8, 4) is 6.07 Å². The summed E-state index contributed by atoms with van der Waals surface area (Å²) in [6.45, 7) is 2.80. The van der Waals surface area contributed by atoms with Gasteiger partial charge in [0.05, 0.1) is 23.9 Å². The first-order valence-corrected chi connectivity index (χ1v) is 5.82. The summed E-state index contributed by atoms with van der Waals surface area (Å²) in [6.07, 6.45) is 1.81. The number of pyridine rings is 1. The summed E-state index contributed by atoms with van der Waals surface area (Å²) in [7, 11) is 2.00. The van der Waals surface area contributed by atoms with E-state index in [2.05, 4.69) is 28.9 Å². The standard InChI is InChI=1S/C15H15N3/c1-12-5-4-8-17-15(12)11-18(2)14-7-3-6-13(9-14)10-16/h3-9H,11H2,1-2H3. The molecule has 1 heterocycles. The number of anilines is 1. The molecule has 0 atom stereocenters. The number of aromatic nitrogens is 1. The predicted octanol–water partition coefficient (Wildman–Crippen LogP) is 2.90. The van der Waals surface area contributed by atoms with Crippen LogP contribution in [0.25, 0.3) is 0 Å². The highest BCUT2D eigenvalue weighted by Crippen LogP contribution is 2.17. The van der Waals surface area contributed by atoms with Gasteiger partial charge in [-0.05, 0) is 36.8 Å². The van der Waals surface area contributed by atoms with Gasteiger partial charge in [0.15, 0.2) is 0 Å². The van der Waals surface area contributed by atoms with Gasteiger partial charge in [0, 0.05) is 18.9 Å². The molecule has 90 valence electrons. The molecule has 0 aliphatic heterocycles. The molecule has 0 aliphatic carbocycles. The fourth-order valence-corrected chi connectivity index (χ4v) is 1.81. The minimum Gasteiger partial charge on any atom is -0.369 e. The topological polar surface area (TPSA) is 39.9 Å². The van der Waals surface area contributed by atoms with Crippen molar-refractivity contribution in [1.82, 2.24) is 4.98 Å². The molecule has 1 aromatic carbocycles. The average Bonchev–Trinajstić information content (AvgIpc) is 2.41. The van der Waals surface area contributed by atoms with Gasteiger partial charge in [0.2, 0.25) is 0 Å². The number of benzene rings is 1. The maximum absolute atomic E-state index is 8.90. The van der Waals surface area contributed by atoms with E-state index in [1.54, 1.807) is 0 Å². The van der Waals surface area contributed by atoms with Crippen molar-refractivity contribution in [3.05, 3.63) is 59.4 Å². The third-order valence-electron chi connectivity index (χ3n) is 2.92. The summed E-state index contributed by atoms with van der Waals surface area (Å²) in [6, 6.07) is 13.7. The van der Waals surface area contributed by atoms with E-state index < -0.39 is 0 Å². The highest BCUT2D eigenvalue weighted by molar-refractivity contribution is 5.51. The minimum atomic E-state index is 0.678. The average molecular weight is 237 g/mol. The van der Waals surface area contributed by atoms with Crippen LogP contribution in [0.4, 0.5) is 5.69 Å². The summed E-state index contributed by atoms with van der Waals surface area (Å²) in [5.74, 6) is 0. The number of hydrogen-bond donors (Lipinski definition) is 0. The van der Waals surface area contributed by atoms with Gasteiger partial charge in [-0.15, -0.1) is 0 Å². The molecule has 0 bridgehead atoms. The molecular weight excluding hydrogens is 222 g/mol. The molecule has 0 aliphatic rings. The maximum Gasteiger partial charge on any atom is 0.0992 e. The molecule has 3 heteroatoms. The van der Waals surface area contributed by atoms with Gasteiger partial charge < -0.3 is 4.90 Å². The summed E-state index contributed by atoms with van der Waals surface area (Å²) < 4.78 is 0. The molecule has 0 saturated carbocycles. The molecule has 18 heavy (non-hydrogen) atoms. The van der Waals surface area contributed by atoms with Crippen LogP contribution in [-0.2, 0) is 6.54 Å². The lowest BCUT2D eigenvalue weighted by molar-refractivity contribution is 0.874. The number of nitriles is 1. The Morgan fingerprint density at radius 2 is 2.11 bits per heavy atom. The highest BCUT2D eigenvalue weighted by Gasteiger charge is 2.05. The number of nitrogens with zero attached hydrogens (tertiary/aromatic N) is 3. The van der Waals surface area contributed by atoms with Crippen LogP contribution in [0, 0.1) is 18.3 Å². The molecule has 2 aromatic rings. The van der Waals surface area contributed by atoms with Gasteiger partial charge in [-0.25, -0.2) is 0 Å². The van der Waals surface area contributed by atoms with E-state index in [0.29, 0.717) is 5.56 Å². The van der Waals surface area contributed by atoms with Gasteiger partial charge in [-0.3, -0.25) is 4.98 Å². The Bertz CT molecular complexity index is 584. The van der Waals surface area contributed by atoms with Crippen LogP contribution in [-0.4, -0.2) is 12.0 Å². The van der Waals surface area contributed by atoms with Crippen molar-refractivity contribution in [3.63, 3.8) is 0 Å². The Kier molecular flexibility index (Phi) is 3.59. The van der Waals surface area contributed by atoms with Crippen LogP contribution in [0.2, 0.25) is 0 Å². The van der Waals surface area contributed by atoms with Gasteiger partial charge in [-0.2, -0.15) is 5.26 Å². The molecule has 3 nitrogen and oxygen atoms in total. The molecule has 0 spiro atoms. The second kappa shape index (κ2) is 5.33. The minimum absolute atomic E-state index is 0.678. The monoisotopic (exact) mass is 237 g/mol. The largest absolute Gasteiger partial charge is 0.369 e. The zero-order valence-electron chi connectivity index (χ0n) is 10.6. The van der Waals surface area contributed by atoms with Crippen molar-refractivity contribution in [1.29, 1.82) is 5.26 Å². The van der Waals surface area contributed by atoms with Crippen molar-refractivity contribution in [2.45, 2.75) is 13.5 Å². The lowest BCUT2D eigenvalue weighted by atomic mass is 10.2. The SMILES string of the molecule is Cc1cccnc1CN(C)c1cccc(C#N)c1. The fourth-order valence-electron chi connectivity index (χ4n) is 1.81. The molecular formula is C15H15N3. The summed E-state index contributed by atoms with van der Waals surface area (Å²) >= 11 is 0. The first-order chi connectivity index (χ1) is 8.70. The lowest BCUT2D eigenvalue weighted by Gasteiger charge is -2.19. The van der Waals surface area contributed by atoms with E-state index in [9.17, 15) is 0 Å². The van der Waals surface area contributed by atoms with Crippen molar-refractivity contribution < 1.29 is 0 Å². The lowest BCUT2D eigenvalue weighted by Crippen LogP contribution is -2.18. The number of hydrogen-bond acceptors (Lipinski definition) is 3. The maximum atomic E-state index is 8.90. The van der Waals surface area contributed by atoms with E-state index in [4.69, 9.17) is 5.26 Å². The smallest absolute Gasteiger partial charge is 0.0992 e. The second-order valence-electron chi connectivity index (χ2n) is 4.29. The Morgan fingerprint density at radius 3 is 2.83 bits per heavy atom. The van der Waals surface area contributed by atoms with Crippen LogP contribution in [0.3, 0.4) is 0 Å². The molecule has 0 saturated heterocycles. The third-order valence-corrected chi connectivity index (χ3v) is 2.92. The molecule has 0 fully saturated rings. The van der Waals surface area contributed by atoms with Crippen molar-refractivity contribution >= 4 is 5.69 Å². The Labute approximate surface area is 107 Å². The Morgan fingerprint density at radius 1 is 1.28 bits per heavy atom. The van der Waals surface area contributed by atoms with Gasteiger partial charge in [0.25, 0.3) is 0 Å². The van der Waals surface area contributed by atoms with E-state index in [1.165, 1.54) is 5.56 Å². The fraction of sp³-hybridized carbons (Fsp3) is 0.200. The Balaban J connectivity index is 2.20. The van der Waals surface area contributed by atoms with Gasteiger partial charge in [0.1, 0.15) is 0 Å². The van der Waals surface area contributed by atoms with Crippen molar-refractivity contribution in [2.75, 3.05) is 11.9 Å². The summed E-state index contributed by atoms with van der Waals surface area (Å²) in [4.78, 5) is 6.47.